The lowest BCUT2D eigenvalue weighted by molar-refractivity contribution is 0.0611. The number of rotatable bonds is 4. The summed E-state index contributed by atoms with van der Waals surface area (Å²) in [6, 6.07) is 0. The predicted octanol–water partition coefficient (Wildman–Crippen LogP) is 1.18. The van der Waals surface area contributed by atoms with Crippen LogP contribution >= 0.6 is 0 Å². The average molecular weight is 214 g/mol. The van der Waals surface area contributed by atoms with Gasteiger partial charge in [0.25, 0.3) is 0 Å². The van der Waals surface area contributed by atoms with Gasteiger partial charge in [-0.25, -0.2) is 0 Å². The molecule has 0 aromatic rings. The highest BCUT2D eigenvalue weighted by Gasteiger charge is 2.25. The van der Waals surface area contributed by atoms with Gasteiger partial charge in [-0.3, -0.25) is 4.90 Å². The summed E-state index contributed by atoms with van der Waals surface area (Å²) in [5.74, 6) is 0. The van der Waals surface area contributed by atoms with E-state index in [1.54, 1.807) is 0 Å². The highest BCUT2D eigenvalue weighted by atomic mass is 16.2. The second-order valence-corrected chi connectivity index (χ2v) is 5.43. The van der Waals surface area contributed by atoms with Gasteiger partial charge in [0.2, 0.25) is 0 Å². The van der Waals surface area contributed by atoms with E-state index in [4.69, 9.17) is 5.11 Å². The Morgan fingerprint density at radius 2 is 1.60 bits per heavy atom. The summed E-state index contributed by atoms with van der Waals surface area (Å²) in [5.41, 5.74) is 0.317. The summed E-state index contributed by atoms with van der Waals surface area (Å²) in [4.78, 5) is 5.06. The number of unbranched alkanes of at least 4 members (excludes halogenated alkanes) is 1. The normalized spacial score (nSPS) is 20.8. The molecule has 0 aromatic carbocycles. The Balaban J connectivity index is 2.18. The van der Waals surface area contributed by atoms with E-state index in [1.165, 1.54) is 26.2 Å². The molecule has 0 spiro atoms. The minimum absolute atomic E-state index is 0.317. The van der Waals surface area contributed by atoms with Crippen LogP contribution in [0.5, 0.6) is 0 Å². The van der Waals surface area contributed by atoms with Crippen LogP contribution in [0.4, 0.5) is 0 Å². The molecule has 0 radical (unpaired) electrons. The molecule has 3 nitrogen and oxygen atoms in total. The molecule has 1 rings (SSSR count). The Kier molecular flexibility index (Phi) is 5.03. The van der Waals surface area contributed by atoms with Gasteiger partial charge in [0.05, 0.1) is 0 Å². The van der Waals surface area contributed by atoms with E-state index in [0.717, 1.165) is 19.4 Å². The summed E-state index contributed by atoms with van der Waals surface area (Å²) in [6.45, 7) is 13.1. The maximum absolute atomic E-state index is 8.72. The molecular weight excluding hydrogens is 188 g/mol. The number of aliphatic hydroxyl groups is 1. The molecular formula is C12H26N2O. The standard InChI is InChI=1S/C12H26N2O/c1-12(2,3)14-9-7-13(8-10-14)6-4-5-11-15/h15H,4-11H2,1-3H3. The number of piperazine rings is 1. The van der Waals surface area contributed by atoms with Crippen LogP contribution < -0.4 is 0 Å². The topological polar surface area (TPSA) is 26.7 Å². The zero-order chi connectivity index (χ0) is 11.3. The number of hydrogen-bond acceptors (Lipinski definition) is 3. The Labute approximate surface area is 94.1 Å². The van der Waals surface area contributed by atoms with Crippen molar-refractivity contribution in [3.05, 3.63) is 0 Å². The Morgan fingerprint density at radius 1 is 1.00 bits per heavy atom. The van der Waals surface area contributed by atoms with E-state index in [0.29, 0.717) is 12.1 Å². The first-order chi connectivity index (χ1) is 7.04. The lowest BCUT2D eigenvalue weighted by Crippen LogP contribution is -2.53. The fraction of sp³-hybridized carbons (Fsp3) is 1.00. The van der Waals surface area contributed by atoms with E-state index < -0.39 is 0 Å². The second-order valence-electron chi connectivity index (χ2n) is 5.43. The van der Waals surface area contributed by atoms with E-state index in [2.05, 4.69) is 30.6 Å². The minimum Gasteiger partial charge on any atom is -0.396 e. The Morgan fingerprint density at radius 3 is 2.07 bits per heavy atom. The second kappa shape index (κ2) is 5.83. The molecule has 1 aliphatic rings. The molecule has 1 N–H and O–H groups in total. The van der Waals surface area contributed by atoms with Crippen LogP contribution in [0.1, 0.15) is 33.6 Å². The van der Waals surface area contributed by atoms with Crippen LogP contribution in [0, 0.1) is 0 Å². The molecule has 15 heavy (non-hydrogen) atoms. The van der Waals surface area contributed by atoms with Gasteiger partial charge in [0, 0.05) is 38.3 Å². The first kappa shape index (κ1) is 12.9. The van der Waals surface area contributed by atoms with E-state index in [1.807, 2.05) is 0 Å². The van der Waals surface area contributed by atoms with Crippen molar-refractivity contribution in [1.29, 1.82) is 0 Å². The Bertz CT molecular complexity index is 169. The molecule has 0 saturated carbocycles. The summed E-state index contributed by atoms with van der Waals surface area (Å²) in [6.07, 6.45) is 2.07. The van der Waals surface area contributed by atoms with E-state index in [9.17, 15) is 0 Å². The summed E-state index contributed by atoms with van der Waals surface area (Å²) >= 11 is 0. The molecule has 0 aliphatic carbocycles. The molecule has 0 amide bonds. The average Bonchev–Trinajstić information content (AvgIpc) is 2.18. The summed E-state index contributed by atoms with van der Waals surface area (Å²) in [5, 5.41) is 8.72. The van der Waals surface area contributed by atoms with Gasteiger partial charge in [-0.2, -0.15) is 0 Å². The predicted molar refractivity (Wildman–Crippen MR) is 64.1 cm³/mol. The zero-order valence-electron chi connectivity index (χ0n) is 10.5. The van der Waals surface area contributed by atoms with E-state index in [-0.39, 0.29) is 0 Å². The number of nitrogens with zero attached hydrogens (tertiary/aromatic N) is 2. The summed E-state index contributed by atoms with van der Waals surface area (Å²) < 4.78 is 0. The van der Waals surface area contributed by atoms with Gasteiger partial charge in [0.1, 0.15) is 0 Å². The third-order valence-corrected chi connectivity index (χ3v) is 3.20. The third kappa shape index (κ3) is 4.49. The van der Waals surface area contributed by atoms with Crippen LogP contribution in [0.2, 0.25) is 0 Å². The number of aliphatic hydroxyl groups excluding tert-OH is 1. The van der Waals surface area contributed by atoms with Crippen LogP contribution in [0.25, 0.3) is 0 Å². The first-order valence-electron chi connectivity index (χ1n) is 6.12. The van der Waals surface area contributed by atoms with Gasteiger partial charge in [-0.05, 0) is 40.2 Å². The van der Waals surface area contributed by atoms with Crippen molar-refractivity contribution in [2.45, 2.75) is 39.2 Å². The minimum atomic E-state index is 0.317. The highest BCUT2D eigenvalue weighted by molar-refractivity contribution is 4.81. The van der Waals surface area contributed by atoms with Crippen molar-refractivity contribution in [3.63, 3.8) is 0 Å². The monoisotopic (exact) mass is 214 g/mol. The van der Waals surface area contributed by atoms with Crippen molar-refractivity contribution in [3.8, 4) is 0 Å². The van der Waals surface area contributed by atoms with Gasteiger partial charge in [-0.15, -0.1) is 0 Å². The smallest absolute Gasteiger partial charge is 0.0431 e. The van der Waals surface area contributed by atoms with Gasteiger partial charge >= 0.3 is 0 Å². The van der Waals surface area contributed by atoms with Crippen molar-refractivity contribution in [2.24, 2.45) is 0 Å². The molecule has 0 aromatic heterocycles. The molecule has 1 saturated heterocycles. The SMILES string of the molecule is CC(C)(C)N1CCN(CCCCO)CC1. The van der Waals surface area contributed by atoms with Gasteiger partial charge < -0.3 is 10.0 Å². The van der Waals surface area contributed by atoms with Crippen molar-refractivity contribution < 1.29 is 5.11 Å². The molecule has 3 heteroatoms. The summed E-state index contributed by atoms with van der Waals surface area (Å²) in [7, 11) is 0. The molecule has 0 atom stereocenters. The molecule has 1 fully saturated rings. The molecule has 90 valence electrons. The van der Waals surface area contributed by atoms with E-state index >= 15 is 0 Å². The van der Waals surface area contributed by atoms with Gasteiger partial charge in [0.15, 0.2) is 0 Å². The fourth-order valence-electron chi connectivity index (χ4n) is 2.09. The Hall–Kier alpha value is -0.120. The molecule has 1 heterocycles. The van der Waals surface area contributed by atoms with Crippen molar-refractivity contribution in [1.82, 2.24) is 9.80 Å². The van der Waals surface area contributed by atoms with Crippen LogP contribution in [0.3, 0.4) is 0 Å². The largest absolute Gasteiger partial charge is 0.396 e. The maximum Gasteiger partial charge on any atom is 0.0431 e. The maximum atomic E-state index is 8.72. The van der Waals surface area contributed by atoms with Crippen LogP contribution in [-0.4, -0.2) is 59.8 Å². The van der Waals surface area contributed by atoms with Crippen molar-refractivity contribution in [2.75, 3.05) is 39.3 Å². The lowest BCUT2D eigenvalue weighted by atomic mass is 10.0. The van der Waals surface area contributed by atoms with Gasteiger partial charge in [-0.1, -0.05) is 0 Å². The quantitative estimate of drug-likeness (QED) is 0.712. The first-order valence-corrected chi connectivity index (χ1v) is 6.12. The molecule has 0 unspecified atom stereocenters. The third-order valence-electron chi connectivity index (χ3n) is 3.20. The molecule has 1 aliphatic heterocycles. The zero-order valence-corrected chi connectivity index (χ0v) is 10.5. The van der Waals surface area contributed by atoms with Crippen LogP contribution in [0.15, 0.2) is 0 Å². The highest BCUT2D eigenvalue weighted by Crippen LogP contribution is 2.15. The lowest BCUT2D eigenvalue weighted by Gasteiger charge is -2.42. The number of hydrogen-bond donors (Lipinski definition) is 1. The van der Waals surface area contributed by atoms with Crippen molar-refractivity contribution >= 4 is 0 Å². The fourth-order valence-corrected chi connectivity index (χ4v) is 2.09. The van der Waals surface area contributed by atoms with Crippen LogP contribution in [-0.2, 0) is 0 Å². The molecule has 0 bridgehead atoms.